The molecule has 2 saturated heterocycles. The van der Waals surface area contributed by atoms with E-state index in [0.29, 0.717) is 11.1 Å². The van der Waals surface area contributed by atoms with Gasteiger partial charge in [0.15, 0.2) is 34.7 Å². The third-order valence-electron chi connectivity index (χ3n) is 6.31. The first-order chi connectivity index (χ1) is 18.1. The van der Waals surface area contributed by atoms with Crippen LogP contribution < -0.4 is 9.47 Å². The predicted octanol–water partition coefficient (Wildman–Crippen LogP) is 2.46. The number of fused-ring (bicyclic) bond motifs is 3. The monoisotopic (exact) mass is 526 g/mol. The van der Waals surface area contributed by atoms with Gasteiger partial charge in [-0.25, -0.2) is 14.4 Å². The summed E-state index contributed by atoms with van der Waals surface area (Å²) in [5, 5.41) is 30.0. The van der Waals surface area contributed by atoms with Crippen LogP contribution in [-0.2, 0) is 28.6 Å². The van der Waals surface area contributed by atoms with E-state index in [0.717, 1.165) is 12.2 Å². The van der Waals surface area contributed by atoms with Crippen molar-refractivity contribution in [1.29, 1.82) is 0 Å². The van der Waals surface area contributed by atoms with Crippen LogP contribution in [0.1, 0.15) is 30.4 Å². The zero-order valence-electron chi connectivity index (χ0n) is 20.6. The Morgan fingerprint density at radius 3 is 2.00 bits per heavy atom. The lowest BCUT2D eigenvalue weighted by Crippen LogP contribution is -2.67. The number of rotatable bonds is 8. The molecule has 3 N–H and O–H groups in total. The first-order valence-corrected chi connectivity index (χ1v) is 11.6. The van der Waals surface area contributed by atoms with Crippen LogP contribution in [0.3, 0.4) is 0 Å². The van der Waals surface area contributed by atoms with Gasteiger partial charge in [-0.3, -0.25) is 0 Å². The van der Waals surface area contributed by atoms with Gasteiger partial charge in [-0.1, -0.05) is 12.1 Å². The average molecular weight is 526 g/mol. The largest absolute Gasteiger partial charge is 0.504 e. The molecule has 3 fully saturated rings. The van der Waals surface area contributed by atoms with Gasteiger partial charge in [0.1, 0.15) is 0 Å². The Hall–Kier alpha value is -4.51. The molecule has 1 aliphatic carbocycles. The third kappa shape index (κ3) is 5.42. The van der Waals surface area contributed by atoms with Crippen LogP contribution in [0.15, 0.2) is 48.6 Å². The van der Waals surface area contributed by atoms with Crippen LogP contribution >= 0.6 is 0 Å². The van der Waals surface area contributed by atoms with Crippen LogP contribution in [-0.4, -0.2) is 64.9 Å². The molecular weight excluding hydrogens is 500 g/mol. The molecule has 0 amide bonds. The number of benzene rings is 2. The molecule has 2 unspecified atom stereocenters. The molecule has 2 bridgehead atoms. The van der Waals surface area contributed by atoms with Crippen molar-refractivity contribution in [3.63, 3.8) is 0 Å². The molecule has 2 aromatic carbocycles. The zero-order chi connectivity index (χ0) is 27.5. The van der Waals surface area contributed by atoms with Gasteiger partial charge >= 0.3 is 17.9 Å². The zero-order valence-corrected chi connectivity index (χ0v) is 20.6. The van der Waals surface area contributed by atoms with Gasteiger partial charge in [0.25, 0.3) is 5.79 Å². The van der Waals surface area contributed by atoms with E-state index >= 15 is 0 Å². The van der Waals surface area contributed by atoms with E-state index in [1.54, 1.807) is 12.1 Å². The second-order valence-electron chi connectivity index (χ2n) is 8.81. The minimum atomic E-state index is -1.92. The molecule has 200 valence electrons. The van der Waals surface area contributed by atoms with Crippen molar-refractivity contribution in [1.82, 2.24) is 0 Å². The summed E-state index contributed by atoms with van der Waals surface area (Å²) in [7, 11) is 2.77. The summed E-state index contributed by atoms with van der Waals surface area (Å²) >= 11 is 0. The van der Waals surface area contributed by atoms with E-state index in [2.05, 4.69) is 0 Å². The number of ether oxygens (including phenoxy) is 5. The molecule has 0 aromatic heterocycles. The van der Waals surface area contributed by atoms with Gasteiger partial charge in [0, 0.05) is 25.0 Å². The van der Waals surface area contributed by atoms with E-state index in [4.69, 9.17) is 23.7 Å². The average Bonchev–Trinajstić information content (AvgIpc) is 2.89. The van der Waals surface area contributed by atoms with Gasteiger partial charge in [-0.2, -0.15) is 0 Å². The Kier molecular flexibility index (Phi) is 7.31. The molecule has 5 rings (SSSR count). The fraction of sp³-hybridized carbons (Fsp3) is 0.296. The first kappa shape index (κ1) is 26.6. The highest BCUT2D eigenvalue weighted by Gasteiger charge is 2.65. The van der Waals surface area contributed by atoms with Gasteiger partial charge in [0.2, 0.25) is 0 Å². The molecule has 0 spiro atoms. The molecule has 1 saturated carbocycles. The second-order valence-corrected chi connectivity index (χ2v) is 8.81. The lowest BCUT2D eigenvalue weighted by molar-refractivity contribution is -0.319. The molecule has 3 atom stereocenters. The molecule has 0 radical (unpaired) electrons. The topological polar surface area (TPSA) is 158 Å². The third-order valence-corrected chi connectivity index (χ3v) is 6.31. The summed E-state index contributed by atoms with van der Waals surface area (Å²) in [5.41, 5.74) is -0.818. The van der Waals surface area contributed by atoms with Crippen LogP contribution in [0, 0.1) is 0 Å². The summed E-state index contributed by atoms with van der Waals surface area (Å²) in [4.78, 5) is 37.6. The lowest BCUT2D eigenvalue weighted by atomic mass is 9.76. The van der Waals surface area contributed by atoms with Crippen molar-refractivity contribution in [2.24, 2.45) is 0 Å². The number of carbonyl (C=O) groups excluding carboxylic acids is 3. The summed E-state index contributed by atoms with van der Waals surface area (Å²) in [6.07, 6.45) is 3.30. The Bertz CT molecular complexity index is 1310. The molecular formula is C27H26O11. The Labute approximate surface area is 217 Å². The SMILES string of the molecule is COc1cc(/C=C/C(=O)OC2C[C@]3(O)CCC2(OC(=O)/C=C/c2ccc(O)c(OC)c2)OC3=O)ccc1O. The number of carbonyl (C=O) groups is 3. The summed E-state index contributed by atoms with van der Waals surface area (Å²) in [6.45, 7) is 0. The number of phenolic OH excluding ortho intramolecular Hbond substituents is 2. The van der Waals surface area contributed by atoms with Gasteiger partial charge in [0.05, 0.1) is 14.2 Å². The first-order valence-electron chi connectivity index (χ1n) is 11.6. The number of aromatic hydroxyl groups is 2. The fourth-order valence-corrected chi connectivity index (χ4v) is 4.24. The van der Waals surface area contributed by atoms with Gasteiger partial charge < -0.3 is 39.0 Å². The smallest absolute Gasteiger partial charge is 0.341 e. The van der Waals surface area contributed by atoms with Crippen LogP contribution in [0.5, 0.6) is 23.0 Å². The Balaban J connectivity index is 1.49. The second kappa shape index (κ2) is 10.5. The number of methoxy groups -OCH3 is 2. The molecule has 2 aliphatic heterocycles. The minimum absolute atomic E-state index is 0.0464. The predicted molar refractivity (Wildman–Crippen MR) is 131 cm³/mol. The maximum absolute atomic E-state index is 12.7. The van der Waals surface area contributed by atoms with Gasteiger partial charge in [-0.05, 0) is 54.0 Å². The fourth-order valence-electron chi connectivity index (χ4n) is 4.24. The molecule has 2 heterocycles. The number of aliphatic hydroxyl groups is 1. The Morgan fingerprint density at radius 1 is 0.921 bits per heavy atom. The van der Waals surface area contributed by atoms with E-state index in [9.17, 15) is 29.7 Å². The molecule has 11 heteroatoms. The number of esters is 3. The lowest BCUT2D eigenvalue weighted by Gasteiger charge is -2.51. The standard InChI is InChI=1S/C27H26O11/c1-34-20-13-16(3-7-18(20)28)5-9-23(30)36-22-15-26(33)11-12-27(22,38-25(26)32)37-24(31)10-6-17-4-8-19(29)21(14-17)35-2/h3-10,13-14,22,28-29,33H,11-12,15H2,1-2H3/b9-5+,10-6+/t22?,26-,27?/m1/s1. The summed E-state index contributed by atoms with van der Waals surface area (Å²) in [5.74, 6) is -4.33. The highest BCUT2D eigenvalue weighted by atomic mass is 16.8. The van der Waals surface area contributed by atoms with Crippen molar-refractivity contribution >= 4 is 30.1 Å². The molecule has 38 heavy (non-hydrogen) atoms. The van der Waals surface area contributed by atoms with Crippen molar-refractivity contribution in [2.75, 3.05) is 14.2 Å². The highest BCUT2D eigenvalue weighted by Crippen LogP contribution is 2.47. The minimum Gasteiger partial charge on any atom is -0.504 e. The van der Waals surface area contributed by atoms with E-state index in [-0.39, 0.29) is 42.3 Å². The van der Waals surface area contributed by atoms with E-state index < -0.39 is 35.4 Å². The van der Waals surface area contributed by atoms with Gasteiger partial charge in [-0.15, -0.1) is 0 Å². The van der Waals surface area contributed by atoms with Crippen molar-refractivity contribution < 1.29 is 53.4 Å². The van der Waals surface area contributed by atoms with Crippen molar-refractivity contribution in [2.45, 2.75) is 36.8 Å². The number of phenols is 2. The number of hydrogen-bond donors (Lipinski definition) is 3. The summed E-state index contributed by atoms with van der Waals surface area (Å²) in [6, 6.07) is 8.89. The molecule has 2 aromatic rings. The highest BCUT2D eigenvalue weighted by molar-refractivity contribution is 5.89. The quantitative estimate of drug-likeness (QED) is 0.343. The van der Waals surface area contributed by atoms with Crippen molar-refractivity contribution in [3.05, 3.63) is 59.7 Å². The number of hydrogen-bond acceptors (Lipinski definition) is 11. The summed E-state index contributed by atoms with van der Waals surface area (Å²) < 4.78 is 26.3. The maximum Gasteiger partial charge on any atom is 0.341 e. The van der Waals surface area contributed by atoms with E-state index in [1.165, 1.54) is 50.6 Å². The molecule has 11 nitrogen and oxygen atoms in total. The van der Waals surface area contributed by atoms with Crippen LogP contribution in [0.4, 0.5) is 0 Å². The normalized spacial score (nSPS) is 24.3. The maximum atomic E-state index is 12.7. The van der Waals surface area contributed by atoms with Crippen LogP contribution in [0.2, 0.25) is 0 Å². The van der Waals surface area contributed by atoms with E-state index in [1.807, 2.05) is 0 Å². The molecule has 3 aliphatic rings. The Morgan fingerprint density at radius 2 is 1.47 bits per heavy atom. The van der Waals surface area contributed by atoms with Crippen LogP contribution in [0.25, 0.3) is 12.2 Å². The van der Waals surface area contributed by atoms with Crippen molar-refractivity contribution in [3.8, 4) is 23.0 Å².